The van der Waals surface area contributed by atoms with Crippen molar-refractivity contribution in [1.82, 2.24) is 4.98 Å². The van der Waals surface area contributed by atoms with E-state index in [1.54, 1.807) is 0 Å². The summed E-state index contributed by atoms with van der Waals surface area (Å²) >= 11 is 8.38. The van der Waals surface area contributed by atoms with Gasteiger partial charge >= 0.3 is 0 Å². The van der Waals surface area contributed by atoms with E-state index in [0.717, 1.165) is 12.3 Å². The number of aromatic nitrogens is 1. The van der Waals surface area contributed by atoms with E-state index < -0.39 is 0 Å². The van der Waals surface area contributed by atoms with Crippen LogP contribution in [0.1, 0.15) is 54.6 Å². The van der Waals surface area contributed by atoms with Crippen LogP contribution in [0, 0.1) is 25.7 Å². The second-order valence-electron chi connectivity index (χ2n) is 5.70. The van der Waals surface area contributed by atoms with Crippen molar-refractivity contribution in [1.29, 1.82) is 0 Å². The average molecular weight is 286 g/mol. The highest BCUT2D eigenvalue weighted by Crippen LogP contribution is 2.37. The fourth-order valence-electron chi connectivity index (χ4n) is 3.06. The first-order chi connectivity index (χ1) is 8.60. The van der Waals surface area contributed by atoms with Gasteiger partial charge in [-0.05, 0) is 44.9 Å². The minimum absolute atomic E-state index is 0.364. The first kappa shape index (κ1) is 14.3. The van der Waals surface area contributed by atoms with Crippen molar-refractivity contribution in [2.45, 2.75) is 64.7 Å². The summed E-state index contributed by atoms with van der Waals surface area (Å²) < 4.78 is 0. The molecule has 3 atom stereocenters. The van der Waals surface area contributed by atoms with E-state index in [1.807, 2.05) is 11.3 Å². The van der Waals surface area contributed by atoms with E-state index in [4.69, 9.17) is 11.6 Å². The largest absolute Gasteiger partial charge is 0.246 e. The van der Waals surface area contributed by atoms with Gasteiger partial charge in [0.25, 0.3) is 0 Å². The molecular formula is C15H24ClNS. The predicted molar refractivity (Wildman–Crippen MR) is 80.7 cm³/mol. The van der Waals surface area contributed by atoms with Gasteiger partial charge < -0.3 is 0 Å². The van der Waals surface area contributed by atoms with Gasteiger partial charge in [-0.25, -0.2) is 4.98 Å². The molecule has 1 saturated carbocycles. The highest BCUT2D eigenvalue weighted by molar-refractivity contribution is 7.11. The van der Waals surface area contributed by atoms with Crippen LogP contribution in [0.15, 0.2) is 0 Å². The molecule has 1 heterocycles. The van der Waals surface area contributed by atoms with Crippen molar-refractivity contribution in [3.05, 3.63) is 15.6 Å². The zero-order chi connectivity index (χ0) is 13.1. The number of nitrogens with zero attached hydrogens (tertiary/aromatic N) is 1. The molecule has 0 spiro atoms. The lowest BCUT2D eigenvalue weighted by atomic mass is 9.78. The summed E-state index contributed by atoms with van der Waals surface area (Å²) in [5, 5.41) is 1.65. The normalized spacial score (nSPS) is 28.6. The number of alkyl halides is 1. The topological polar surface area (TPSA) is 12.9 Å². The first-order valence-electron chi connectivity index (χ1n) is 7.17. The van der Waals surface area contributed by atoms with E-state index in [0.29, 0.717) is 11.3 Å². The Bertz CT molecular complexity index is 368. The predicted octanol–water partition coefficient (Wildman–Crippen LogP) is 5.13. The van der Waals surface area contributed by atoms with E-state index in [1.165, 1.54) is 47.7 Å². The van der Waals surface area contributed by atoms with Gasteiger partial charge in [0.1, 0.15) is 0 Å². The second-order valence-corrected chi connectivity index (χ2v) is 7.55. The molecule has 2 rings (SSSR count). The van der Waals surface area contributed by atoms with Crippen molar-refractivity contribution in [2.75, 3.05) is 0 Å². The molecule has 102 valence electrons. The Morgan fingerprint density at radius 3 is 2.72 bits per heavy atom. The van der Waals surface area contributed by atoms with Crippen LogP contribution in [0.2, 0.25) is 0 Å². The standard InChI is InChI=1S/C15H24ClNS/c1-4-5-12-6-7-14(16)13(8-12)9-15-17-10(2)11(3)18-15/h12-14H,4-9H2,1-3H3. The number of halogens is 1. The van der Waals surface area contributed by atoms with Crippen LogP contribution in [0.4, 0.5) is 0 Å². The molecule has 0 amide bonds. The lowest BCUT2D eigenvalue weighted by Crippen LogP contribution is -2.27. The molecule has 18 heavy (non-hydrogen) atoms. The van der Waals surface area contributed by atoms with Crippen molar-refractivity contribution in [2.24, 2.45) is 11.8 Å². The quantitative estimate of drug-likeness (QED) is 0.699. The highest BCUT2D eigenvalue weighted by atomic mass is 35.5. The molecule has 0 N–H and O–H groups in total. The Labute approximate surface area is 120 Å². The molecule has 0 bridgehead atoms. The summed E-state index contributed by atoms with van der Waals surface area (Å²) in [7, 11) is 0. The third-order valence-electron chi connectivity index (χ3n) is 4.20. The molecule has 1 aliphatic rings. The maximum absolute atomic E-state index is 6.52. The lowest BCUT2D eigenvalue weighted by Gasteiger charge is -2.32. The molecule has 0 saturated heterocycles. The number of hydrogen-bond donors (Lipinski definition) is 0. The molecule has 0 aliphatic heterocycles. The fraction of sp³-hybridized carbons (Fsp3) is 0.800. The summed E-state index contributed by atoms with van der Waals surface area (Å²) in [5.41, 5.74) is 1.20. The third kappa shape index (κ3) is 3.48. The van der Waals surface area contributed by atoms with E-state index in [9.17, 15) is 0 Å². The van der Waals surface area contributed by atoms with Crippen LogP contribution >= 0.6 is 22.9 Å². The second kappa shape index (κ2) is 6.38. The molecule has 1 aromatic rings. The van der Waals surface area contributed by atoms with Gasteiger partial charge in [0, 0.05) is 16.7 Å². The van der Waals surface area contributed by atoms with Gasteiger partial charge in [-0.2, -0.15) is 0 Å². The molecule has 3 unspecified atom stereocenters. The number of rotatable bonds is 4. The summed E-state index contributed by atoms with van der Waals surface area (Å²) in [6, 6.07) is 0. The maximum atomic E-state index is 6.52. The van der Waals surface area contributed by atoms with Gasteiger partial charge in [0.15, 0.2) is 0 Å². The van der Waals surface area contributed by atoms with Crippen LogP contribution in [-0.4, -0.2) is 10.4 Å². The Morgan fingerprint density at radius 1 is 1.33 bits per heavy atom. The molecule has 1 aliphatic carbocycles. The Balaban J connectivity index is 1.97. The van der Waals surface area contributed by atoms with Crippen molar-refractivity contribution >= 4 is 22.9 Å². The van der Waals surface area contributed by atoms with Crippen LogP contribution in [0.5, 0.6) is 0 Å². The third-order valence-corrected chi connectivity index (χ3v) is 5.87. The molecule has 1 fully saturated rings. The first-order valence-corrected chi connectivity index (χ1v) is 8.42. The summed E-state index contributed by atoms with van der Waals surface area (Å²) in [6.45, 7) is 6.55. The minimum Gasteiger partial charge on any atom is -0.246 e. The van der Waals surface area contributed by atoms with Crippen molar-refractivity contribution in [3.63, 3.8) is 0 Å². The van der Waals surface area contributed by atoms with Gasteiger partial charge in [-0.1, -0.05) is 19.8 Å². The minimum atomic E-state index is 0.364. The fourth-order valence-corrected chi connectivity index (χ4v) is 4.40. The number of hydrogen-bond acceptors (Lipinski definition) is 2. The zero-order valence-corrected chi connectivity index (χ0v) is 13.3. The highest BCUT2D eigenvalue weighted by Gasteiger charge is 2.29. The Morgan fingerprint density at radius 2 is 2.11 bits per heavy atom. The summed E-state index contributed by atoms with van der Waals surface area (Å²) in [4.78, 5) is 6.03. The van der Waals surface area contributed by atoms with Gasteiger partial charge in [0.2, 0.25) is 0 Å². The maximum Gasteiger partial charge on any atom is 0.0934 e. The smallest absolute Gasteiger partial charge is 0.0934 e. The van der Waals surface area contributed by atoms with Gasteiger partial charge in [0.05, 0.1) is 10.7 Å². The number of aryl methyl sites for hydroxylation is 2. The Kier molecular flexibility index (Phi) is 5.08. The molecule has 1 nitrogen and oxygen atoms in total. The van der Waals surface area contributed by atoms with Crippen LogP contribution in [0.3, 0.4) is 0 Å². The molecule has 0 radical (unpaired) electrons. The van der Waals surface area contributed by atoms with E-state index in [-0.39, 0.29) is 0 Å². The van der Waals surface area contributed by atoms with Crippen LogP contribution < -0.4 is 0 Å². The lowest BCUT2D eigenvalue weighted by molar-refractivity contribution is 0.257. The van der Waals surface area contributed by atoms with E-state index >= 15 is 0 Å². The van der Waals surface area contributed by atoms with Gasteiger partial charge in [-0.15, -0.1) is 22.9 Å². The molecule has 1 aromatic heterocycles. The Hall–Kier alpha value is -0.0800. The molecular weight excluding hydrogens is 262 g/mol. The van der Waals surface area contributed by atoms with Gasteiger partial charge in [-0.3, -0.25) is 0 Å². The molecule has 3 heteroatoms. The monoisotopic (exact) mass is 285 g/mol. The SMILES string of the molecule is CCCC1CCC(Cl)C(Cc2nc(C)c(C)s2)C1. The van der Waals surface area contributed by atoms with E-state index in [2.05, 4.69) is 25.8 Å². The number of thiazole rings is 1. The molecule has 0 aromatic carbocycles. The van der Waals surface area contributed by atoms with Crippen molar-refractivity contribution in [3.8, 4) is 0 Å². The zero-order valence-electron chi connectivity index (χ0n) is 11.7. The van der Waals surface area contributed by atoms with Crippen LogP contribution in [-0.2, 0) is 6.42 Å². The average Bonchev–Trinajstić information content (AvgIpc) is 2.63. The van der Waals surface area contributed by atoms with Crippen molar-refractivity contribution < 1.29 is 0 Å². The summed E-state index contributed by atoms with van der Waals surface area (Å²) in [6.07, 6.45) is 7.60. The summed E-state index contributed by atoms with van der Waals surface area (Å²) in [5.74, 6) is 1.54. The van der Waals surface area contributed by atoms with Crippen LogP contribution in [0.25, 0.3) is 0 Å².